The van der Waals surface area contributed by atoms with Crippen molar-refractivity contribution in [3.8, 4) is 5.75 Å². The number of hydrogen-bond donors (Lipinski definition) is 3. The van der Waals surface area contributed by atoms with Gasteiger partial charge in [0.2, 0.25) is 5.79 Å². The summed E-state index contributed by atoms with van der Waals surface area (Å²) < 4.78 is 17.5. The molecule has 4 atom stereocenters. The fourth-order valence-corrected chi connectivity index (χ4v) is 4.33. The van der Waals surface area contributed by atoms with E-state index in [4.69, 9.17) is 30.9 Å². The molecular formula is C24H31ClO7. The fourth-order valence-electron chi connectivity index (χ4n) is 4.15. The first-order chi connectivity index (χ1) is 15.4. The number of carboxylic acid groups (broad SMARTS) is 1. The van der Waals surface area contributed by atoms with Gasteiger partial charge < -0.3 is 29.5 Å². The average molecular weight is 467 g/mol. The molecule has 0 spiro atoms. The Hall–Kier alpha value is -1.90. The molecule has 8 heteroatoms. The number of unbranched alkanes of at least 4 members (excludes halogenated alkanes) is 1. The van der Waals surface area contributed by atoms with Crippen molar-refractivity contribution in [3.05, 3.63) is 53.6 Å². The lowest BCUT2D eigenvalue weighted by Gasteiger charge is -2.26. The van der Waals surface area contributed by atoms with Gasteiger partial charge >= 0.3 is 5.97 Å². The van der Waals surface area contributed by atoms with Crippen molar-refractivity contribution in [1.82, 2.24) is 0 Å². The Balaban J connectivity index is 1.61. The van der Waals surface area contributed by atoms with Crippen LogP contribution in [-0.2, 0) is 14.3 Å². The number of ether oxygens (including phenoxy) is 3. The summed E-state index contributed by atoms with van der Waals surface area (Å²) in [6.07, 6.45) is 8.52. The lowest BCUT2D eigenvalue weighted by atomic mass is 9.89. The van der Waals surface area contributed by atoms with Crippen LogP contribution in [0.5, 0.6) is 5.75 Å². The minimum absolute atomic E-state index is 0.128. The second kappa shape index (κ2) is 11.8. The molecule has 1 heterocycles. The Kier molecular flexibility index (Phi) is 9.13. The van der Waals surface area contributed by atoms with E-state index in [9.17, 15) is 15.0 Å². The number of benzene rings is 1. The van der Waals surface area contributed by atoms with Gasteiger partial charge in [0.15, 0.2) is 0 Å². The maximum atomic E-state index is 10.6. The Morgan fingerprint density at radius 1 is 1.22 bits per heavy atom. The molecule has 3 N–H and O–H groups in total. The van der Waals surface area contributed by atoms with Gasteiger partial charge in [0.1, 0.15) is 12.4 Å². The number of halogens is 1. The van der Waals surface area contributed by atoms with Crippen LogP contribution < -0.4 is 4.74 Å². The van der Waals surface area contributed by atoms with E-state index in [2.05, 4.69) is 0 Å². The molecule has 0 bridgehead atoms. The molecule has 2 aliphatic rings. The van der Waals surface area contributed by atoms with Gasteiger partial charge in [-0.25, -0.2) is 0 Å². The summed E-state index contributed by atoms with van der Waals surface area (Å²) in [5, 5.41) is 30.2. The Morgan fingerprint density at radius 2 is 2.00 bits per heavy atom. The third kappa shape index (κ3) is 7.05. The van der Waals surface area contributed by atoms with E-state index in [0.29, 0.717) is 49.7 Å². The molecule has 32 heavy (non-hydrogen) atoms. The van der Waals surface area contributed by atoms with Crippen molar-refractivity contribution < 1.29 is 34.3 Å². The van der Waals surface area contributed by atoms with Crippen molar-refractivity contribution in [2.45, 2.75) is 50.1 Å². The Morgan fingerprint density at radius 3 is 2.72 bits per heavy atom. The van der Waals surface area contributed by atoms with E-state index >= 15 is 0 Å². The summed E-state index contributed by atoms with van der Waals surface area (Å²) in [5.74, 6) is -1.67. The number of hydrogen-bond acceptors (Lipinski definition) is 6. The summed E-state index contributed by atoms with van der Waals surface area (Å²) in [5.41, 5.74) is 0. The molecule has 1 aromatic rings. The van der Waals surface area contributed by atoms with Crippen LogP contribution in [0.15, 0.2) is 48.6 Å². The molecule has 1 saturated carbocycles. The van der Waals surface area contributed by atoms with E-state index in [1.165, 1.54) is 0 Å². The van der Waals surface area contributed by atoms with Crippen molar-refractivity contribution in [2.75, 3.05) is 19.8 Å². The highest BCUT2D eigenvalue weighted by Gasteiger charge is 2.41. The van der Waals surface area contributed by atoms with Crippen LogP contribution in [-0.4, -0.2) is 59.1 Å². The van der Waals surface area contributed by atoms with E-state index < -0.39 is 24.0 Å². The molecule has 7 nitrogen and oxygen atoms in total. The van der Waals surface area contributed by atoms with E-state index in [1.807, 2.05) is 18.2 Å². The number of allylic oxidation sites excluding steroid dienone is 2. The van der Waals surface area contributed by atoms with Crippen LogP contribution >= 0.6 is 11.6 Å². The molecule has 2 fully saturated rings. The van der Waals surface area contributed by atoms with Crippen LogP contribution in [0, 0.1) is 11.8 Å². The van der Waals surface area contributed by atoms with E-state index in [-0.39, 0.29) is 24.9 Å². The number of carbonyl (C=O) groups is 1. The van der Waals surface area contributed by atoms with Gasteiger partial charge in [0.05, 0.1) is 25.4 Å². The highest BCUT2D eigenvalue weighted by molar-refractivity contribution is 6.30. The zero-order valence-corrected chi connectivity index (χ0v) is 18.7. The summed E-state index contributed by atoms with van der Waals surface area (Å²) in [6.45, 7) is 0.993. The maximum absolute atomic E-state index is 10.6. The number of carboxylic acids is 1. The minimum atomic E-state index is -1.06. The van der Waals surface area contributed by atoms with Gasteiger partial charge in [-0.3, -0.25) is 4.79 Å². The zero-order chi connectivity index (χ0) is 23.0. The van der Waals surface area contributed by atoms with Gasteiger partial charge in [-0.15, -0.1) is 0 Å². The molecule has 0 aromatic heterocycles. The molecular weight excluding hydrogens is 436 g/mol. The van der Waals surface area contributed by atoms with Gasteiger partial charge in [-0.05, 0) is 49.5 Å². The van der Waals surface area contributed by atoms with Crippen molar-refractivity contribution >= 4 is 17.6 Å². The first-order valence-electron chi connectivity index (χ1n) is 11.0. The number of rotatable bonds is 11. The van der Waals surface area contributed by atoms with E-state index in [1.54, 1.807) is 30.3 Å². The molecule has 0 radical (unpaired) electrons. The fraction of sp³-hybridized carbons (Fsp3) is 0.542. The minimum Gasteiger partial charge on any atom is -0.488 e. The summed E-state index contributed by atoms with van der Waals surface area (Å²) in [6, 6.07) is 7.07. The van der Waals surface area contributed by atoms with Gasteiger partial charge in [-0.1, -0.05) is 35.9 Å². The number of aliphatic hydroxyl groups is 2. The lowest BCUT2D eigenvalue weighted by Crippen LogP contribution is -2.35. The molecule has 1 saturated heterocycles. The quantitative estimate of drug-likeness (QED) is 0.338. The first kappa shape index (κ1) is 24.7. The average Bonchev–Trinajstić information content (AvgIpc) is 3.32. The normalized spacial score (nSPS) is 27.5. The van der Waals surface area contributed by atoms with Gasteiger partial charge in [0, 0.05) is 23.8 Å². The number of aliphatic carboxylic acids is 1. The molecule has 1 aliphatic carbocycles. The second-order valence-electron chi connectivity index (χ2n) is 8.22. The third-order valence-electron chi connectivity index (χ3n) is 5.84. The van der Waals surface area contributed by atoms with Gasteiger partial charge in [0.25, 0.3) is 0 Å². The topological polar surface area (TPSA) is 105 Å². The first-order valence-corrected chi connectivity index (χ1v) is 11.3. The van der Waals surface area contributed by atoms with Crippen LogP contribution in [0.1, 0.15) is 32.1 Å². The van der Waals surface area contributed by atoms with Crippen molar-refractivity contribution in [2.24, 2.45) is 11.8 Å². The van der Waals surface area contributed by atoms with Gasteiger partial charge in [-0.2, -0.15) is 0 Å². The highest BCUT2D eigenvalue weighted by Crippen LogP contribution is 2.37. The second-order valence-corrected chi connectivity index (χ2v) is 8.66. The third-order valence-corrected chi connectivity index (χ3v) is 6.07. The molecule has 176 valence electrons. The largest absolute Gasteiger partial charge is 0.488 e. The van der Waals surface area contributed by atoms with E-state index in [0.717, 1.165) is 0 Å². The predicted molar refractivity (Wildman–Crippen MR) is 120 cm³/mol. The molecule has 0 unspecified atom stereocenters. The SMILES string of the molecule is O=C(O)CCC/C=C\C[C@@H]1[C@@H](/C=C/C2(COc3cccc(Cl)c3)OCCO2)[C@H](O)C[C@@H]1O. The zero-order valence-electron chi connectivity index (χ0n) is 17.9. The Bertz CT molecular complexity index is 803. The standard InChI is InChI=1S/C24H31ClO7/c25-17-6-5-7-18(14-17)30-16-24(31-12-13-32-24)11-10-20-19(21(26)15-22(20)27)8-3-1-2-4-9-23(28)29/h1,3,5-7,10-11,14,19-22,26-27H,2,4,8-9,12-13,15-16H2,(H,28,29)/b3-1-,11-10+/t19-,20-,21+,22-/m1/s1. The molecule has 1 aromatic carbocycles. The smallest absolute Gasteiger partial charge is 0.303 e. The summed E-state index contributed by atoms with van der Waals surface area (Å²) in [4.78, 5) is 10.6. The maximum Gasteiger partial charge on any atom is 0.303 e. The van der Waals surface area contributed by atoms with Crippen molar-refractivity contribution in [3.63, 3.8) is 0 Å². The van der Waals surface area contributed by atoms with Crippen LogP contribution in [0.4, 0.5) is 0 Å². The van der Waals surface area contributed by atoms with Crippen LogP contribution in [0.3, 0.4) is 0 Å². The van der Waals surface area contributed by atoms with Crippen LogP contribution in [0.2, 0.25) is 5.02 Å². The molecule has 3 rings (SSSR count). The molecule has 1 aliphatic heterocycles. The highest BCUT2D eigenvalue weighted by atomic mass is 35.5. The molecule has 0 amide bonds. The summed E-state index contributed by atoms with van der Waals surface area (Å²) in [7, 11) is 0. The number of aliphatic hydroxyl groups excluding tert-OH is 2. The van der Waals surface area contributed by atoms with Crippen LogP contribution in [0.25, 0.3) is 0 Å². The summed E-state index contributed by atoms with van der Waals surface area (Å²) >= 11 is 6.01. The monoisotopic (exact) mass is 466 g/mol. The van der Waals surface area contributed by atoms with Crippen molar-refractivity contribution in [1.29, 1.82) is 0 Å². The lowest BCUT2D eigenvalue weighted by molar-refractivity contribution is -0.139. The predicted octanol–water partition coefficient (Wildman–Crippen LogP) is 3.58. The Labute approximate surface area is 193 Å².